The molecule has 0 aromatic heterocycles. The van der Waals surface area contributed by atoms with Crippen LogP contribution in [0, 0.1) is 11.3 Å². The van der Waals surface area contributed by atoms with Crippen LogP contribution in [0.15, 0.2) is 22.7 Å². The molecular weight excluding hydrogens is 290 g/mol. The second-order valence-corrected chi connectivity index (χ2v) is 7.14. The molecule has 0 amide bonds. The first-order chi connectivity index (χ1) is 8.41. The summed E-state index contributed by atoms with van der Waals surface area (Å²) in [5.41, 5.74) is 2.56. The van der Waals surface area contributed by atoms with E-state index in [1.165, 1.54) is 12.1 Å². The van der Waals surface area contributed by atoms with Gasteiger partial charge >= 0.3 is 0 Å². The molecule has 1 unspecified atom stereocenters. The summed E-state index contributed by atoms with van der Waals surface area (Å²) in [6.07, 6.45) is 1.24. The van der Waals surface area contributed by atoms with Crippen molar-refractivity contribution in [3.05, 3.63) is 28.2 Å². The summed E-state index contributed by atoms with van der Waals surface area (Å²) in [5, 5.41) is 9.45. The van der Waals surface area contributed by atoms with E-state index < -0.39 is 0 Å². The minimum atomic E-state index is 0.110. The van der Waals surface area contributed by atoms with E-state index >= 15 is 0 Å². The van der Waals surface area contributed by atoms with E-state index in [2.05, 4.69) is 47.7 Å². The molecular formula is C15H22BrNO. The Balaban J connectivity index is 2.21. The Hall–Kier alpha value is -0.540. The summed E-state index contributed by atoms with van der Waals surface area (Å²) in [6.45, 7) is 9.23. The monoisotopic (exact) mass is 311 g/mol. The molecule has 0 spiro atoms. The van der Waals surface area contributed by atoms with Crippen LogP contribution in [-0.2, 0) is 6.61 Å². The molecule has 2 nitrogen and oxygen atoms in total. The van der Waals surface area contributed by atoms with Crippen molar-refractivity contribution in [1.29, 1.82) is 0 Å². The maximum absolute atomic E-state index is 9.45. The Kier molecular flexibility index (Phi) is 4.02. The number of halogens is 1. The van der Waals surface area contributed by atoms with Gasteiger partial charge < -0.3 is 10.0 Å². The van der Waals surface area contributed by atoms with Crippen molar-refractivity contribution < 1.29 is 5.11 Å². The largest absolute Gasteiger partial charge is 0.392 e. The van der Waals surface area contributed by atoms with Gasteiger partial charge in [-0.25, -0.2) is 0 Å². The molecule has 1 aromatic rings. The van der Waals surface area contributed by atoms with Gasteiger partial charge in [-0.1, -0.05) is 42.8 Å². The summed E-state index contributed by atoms with van der Waals surface area (Å²) < 4.78 is 1.08. The Morgan fingerprint density at radius 2 is 2.11 bits per heavy atom. The first-order valence-electron chi connectivity index (χ1n) is 6.56. The molecule has 1 aromatic carbocycles. The summed E-state index contributed by atoms with van der Waals surface area (Å²) in [7, 11) is 0. The highest BCUT2D eigenvalue weighted by molar-refractivity contribution is 9.10. The molecule has 3 heteroatoms. The predicted octanol–water partition coefficient (Wildman–Crippen LogP) is 3.81. The fourth-order valence-corrected chi connectivity index (χ4v) is 3.00. The predicted molar refractivity (Wildman–Crippen MR) is 79.8 cm³/mol. The van der Waals surface area contributed by atoms with Gasteiger partial charge in [-0.3, -0.25) is 0 Å². The molecule has 100 valence electrons. The van der Waals surface area contributed by atoms with E-state index in [4.69, 9.17) is 0 Å². The van der Waals surface area contributed by atoms with Crippen molar-refractivity contribution in [1.82, 2.24) is 0 Å². The zero-order chi connectivity index (χ0) is 13.3. The number of hydrogen-bond donors (Lipinski definition) is 1. The first-order valence-corrected chi connectivity index (χ1v) is 7.35. The fourth-order valence-electron chi connectivity index (χ4n) is 2.65. The number of rotatable bonds is 2. The minimum Gasteiger partial charge on any atom is -0.392 e. The molecule has 2 rings (SSSR count). The van der Waals surface area contributed by atoms with Gasteiger partial charge in [0.15, 0.2) is 0 Å². The lowest BCUT2D eigenvalue weighted by atomic mass is 9.80. The maximum atomic E-state index is 9.45. The van der Waals surface area contributed by atoms with E-state index in [-0.39, 0.29) is 6.61 Å². The van der Waals surface area contributed by atoms with Gasteiger partial charge in [-0.05, 0) is 29.9 Å². The number of benzene rings is 1. The summed E-state index contributed by atoms with van der Waals surface area (Å²) in [6, 6.07) is 6.12. The fraction of sp³-hybridized carbons (Fsp3) is 0.600. The SMILES string of the molecule is CC(C)(C)C1CCN(c2cc(Br)ccc2CO)C1. The molecule has 1 heterocycles. The second kappa shape index (κ2) is 5.22. The van der Waals surface area contributed by atoms with Crippen LogP contribution >= 0.6 is 15.9 Å². The van der Waals surface area contributed by atoms with Gasteiger partial charge in [-0.15, -0.1) is 0 Å². The van der Waals surface area contributed by atoms with Crippen molar-refractivity contribution in [2.24, 2.45) is 11.3 Å². The number of nitrogens with zero attached hydrogens (tertiary/aromatic N) is 1. The number of aliphatic hydroxyl groups excluding tert-OH is 1. The lowest BCUT2D eigenvalue weighted by Crippen LogP contribution is -2.26. The van der Waals surface area contributed by atoms with Gasteiger partial charge in [0.25, 0.3) is 0 Å². The van der Waals surface area contributed by atoms with E-state index in [1.54, 1.807) is 0 Å². The molecule has 1 aliphatic heterocycles. The molecule has 0 bridgehead atoms. The van der Waals surface area contributed by atoms with Gasteiger partial charge in [-0.2, -0.15) is 0 Å². The number of hydrogen-bond acceptors (Lipinski definition) is 2. The molecule has 0 saturated carbocycles. The minimum absolute atomic E-state index is 0.110. The summed E-state index contributed by atoms with van der Waals surface area (Å²) >= 11 is 3.52. The van der Waals surface area contributed by atoms with Crippen molar-refractivity contribution in [2.45, 2.75) is 33.8 Å². The van der Waals surface area contributed by atoms with Crippen molar-refractivity contribution >= 4 is 21.6 Å². The van der Waals surface area contributed by atoms with E-state index in [0.717, 1.165) is 29.0 Å². The van der Waals surface area contributed by atoms with Crippen LogP contribution in [0.5, 0.6) is 0 Å². The van der Waals surface area contributed by atoms with Crippen LogP contribution in [0.1, 0.15) is 32.8 Å². The second-order valence-electron chi connectivity index (χ2n) is 6.23. The zero-order valence-electron chi connectivity index (χ0n) is 11.4. The maximum Gasteiger partial charge on any atom is 0.0702 e. The van der Waals surface area contributed by atoms with E-state index in [1.807, 2.05) is 12.1 Å². The quantitative estimate of drug-likeness (QED) is 0.897. The average molecular weight is 312 g/mol. The van der Waals surface area contributed by atoms with Crippen molar-refractivity contribution in [3.8, 4) is 0 Å². The van der Waals surface area contributed by atoms with Crippen LogP contribution in [0.3, 0.4) is 0 Å². The third-order valence-electron chi connectivity index (χ3n) is 3.97. The van der Waals surface area contributed by atoms with E-state index in [0.29, 0.717) is 5.41 Å². The molecule has 0 radical (unpaired) electrons. The molecule has 18 heavy (non-hydrogen) atoms. The number of anilines is 1. The van der Waals surface area contributed by atoms with Crippen molar-refractivity contribution in [2.75, 3.05) is 18.0 Å². The third kappa shape index (κ3) is 2.89. The Morgan fingerprint density at radius 3 is 2.67 bits per heavy atom. The zero-order valence-corrected chi connectivity index (χ0v) is 13.0. The smallest absolute Gasteiger partial charge is 0.0702 e. The molecule has 1 fully saturated rings. The van der Waals surface area contributed by atoms with Gasteiger partial charge in [0, 0.05) is 28.8 Å². The highest BCUT2D eigenvalue weighted by Crippen LogP contribution is 2.37. The topological polar surface area (TPSA) is 23.5 Å². The first kappa shape index (κ1) is 13.9. The molecule has 1 atom stereocenters. The van der Waals surface area contributed by atoms with Gasteiger partial charge in [0.2, 0.25) is 0 Å². The average Bonchev–Trinajstić information content (AvgIpc) is 2.77. The molecule has 1 aliphatic rings. The molecule has 0 aliphatic carbocycles. The lowest BCUT2D eigenvalue weighted by Gasteiger charge is -2.28. The normalized spacial score (nSPS) is 20.5. The Morgan fingerprint density at radius 1 is 1.39 bits per heavy atom. The van der Waals surface area contributed by atoms with Crippen molar-refractivity contribution in [3.63, 3.8) is 0 Å². The third-order valence-corrected chi connectivity index (χ3v) is 4.46. The van der Waals surface area contributed by atoms with Crippen LogP contribution in [0.2, 0.25) is 0 Å². The van der Waals surface area contributed by atoms with Crippen LogP contribution in [-0.4, -0.2) is 18.2 Å². The summed E-state index contributed by atoms with van der Waals surface area (Å²) in [5.74, 6) is 0.725. The van der Waals surface area contributed by atoms with Crippen LogP contribution < -0.4 is 4.90 Å². The molecule has 1 saturated heterocycles. The Bertz CT molecular complexity index is 425. The Labute approximate surface area is 118 Å². The van der Waals surface area contributed by atoms with Crippen LogP contribution in [0.4, 0.5) is 5.69 Å². The standard InChI is InChI=1S/C15H22BrNO/c1-15(2,3)12-6-7-17(9-12)14-8-13(16)5-4-11(14)10-18/h4-5,8,12,18H,6-7,9-10H2,1-3H3. The highest BCUT2D eigenvalue weighted by atomic mass is 79.9. The van der Waals surface area contributed by atoms with Crippen LogP contribution in [0.25, 0.3) is 0 Å². The van der Waals surface area contributed by atoms with Gasteiger partial charge in [0.05, 0.1) is 6.61 Å². The lowest BCUT2D eigenvalue weighted by molar-refractivity contribution is 0.263. The molecule has 1 N–H and O–H groups in total. The number of aliphatic hydroxyl groups is 1. The van der Waals surface area contributed by atoms with Gasteiger partial charge in [0.1, 0.15) is 0 Å². The summed E-state index contributed by atoms with van der Waals surface area (Å²) in [4.78, 5) is 2.41. The van der Waals surface area contributed by atoms with E-state index in [9.17, 15) is 5.11 Å². The highest BCUT2D eigenvalue weighted by Gasteiger charge is 2.32.